The van der Waals surface area contributed by atoms with Crippen LogP contribution in [-0.2, 0) is 0 Å². The summed E-state index contributed by atoms with van der Waals surface area (Å²) in [7, 11) is 0. The lowest BCUT2D eigenvalue weighted by Crippen LogP contribution is -2.19. The second-order valence-corrected chi connectivity index (χ2v) is 4.73. The van der Waals surface area contributed by atoms with Crippen LogP contribution < -0.4 is 4.43 Å². The lowest BCUT2D eigenvalue weighted by atomic mass is 10.2. The summed E-state index contributed by atoms with van der Waals surface area (Å²) in [5.74, 6) is 0. The van der Waals surface area contributed by atoms with Crippen molar-refractivity contribution in [1.29, 1.82) is 0 Å². The molecule has 0 aliphatic carbocycles. The molecule has 0 saturated heterocycles. The SMILES string of the molecule is O=[n+]1c2ccc(Cl)cc2n([O-])c2ccc(Cl)cc21. The maximum atomic E-state index is 12.2. The molecule has 90 valence electrons. The van der Waals surface area contributed by atoms with E-state index in [2.05, 4.69) is 0 Å². The van der Waals surface area contributed by atoms with Gasteiger partial charge in [0.1, 0.15) is 11.0 Å². The van der Waals surface area contributed by atoms with Gasteiger partial charge in [0.05, 0.1) is 4.43 Å². The van der Waals surface area contributed by atoms with Gasteiger partial charge in [-0.05, 0) is 24.3 Å². The van der Waals surface area contributed by atoms with Gasteiger partial charge in [-0.25, -0.2) is 0 Å². The maximum Gasteiger partial charge on any atom is 0.288 e. The fraction of sp³-hybridized carbons (Fsp3) is 0. The number of benzene rings is 2. The maximum absolute atomic E-state index is 12.2. The summed E-state index contributed by atoms with van der Waals surface area (Å²) < 4.78 is 1.36. The third-order valence-electron chi connectivity index (χ3n) is 2.75. The molecule has 3 aromatic rings. The van der Waals surface area contributed by atoms with Crippen LogP contribution in [0.3, 0.4) is 0 Å². The minimum Gasteiger partial charge on any atom is -0.805 e. The van der Waals surface area contributed by atoms with Crippen LogP contribution >= 0.6 is 23.2 Å². The third kappa shape index (κ3) is 1.54. The summed E-state index contributed by atoms with van der Waals surface area (Å²) in [6, 6.07) is 9.08. The van der Waals surface area contributed by atoms with Crippen LogP contribution in [0.1, 0.15) is 0 Å². The minimum absolute atomic E-state index is 0.229. The van der Waals surface area contributed by atoms with Gasteiger partial charge >= 0.3 is 0 Å². The normalized spacial score (nSPS) is 11.2. The number of hydrogen-bond donors (Lipinski definition) is 0. The molecule has 6 heteroatoms. The van der Waals surface area contributed by atoms with Gasteiger partial charge in [-0.1, -0.05) is 23.2 Å². The number of nitrogens with zero attached hydrogens (tertiary/aromatic N) is 2. The highest BCUT2D eigenvalue weighted by atomic mass is 35.5. The molecule has 0 amide bonds. The van der Waals surface area contributed by atoms with Crippen molar-refractivity contribution in [1.82, 2.24) is 4.73 Å². The third-order valence-corrected chi connectivity index (χ3v) is 3.22. The molecule has 1 aromatic heterocycles. The molecular formula is C12H6Cl2N2O2. The van der Waals surface area contributed by atoms with Gasteiger partial charge in [0, 0.05) is 27.1 Å². The molecule has 0 aliphatic heterocycles. The van der Waals surface area contributed by atoms with E-state index >= 15 is 0 Å². The molecule has 0 aliphatic rings. The number of fused-ring (bicyclic) bond motifs is 2. The van der Waals surface area contributed by atoms with Crippen molar-refractivity contribution in [2.45, 2.75) is 0 Å². The Morgan fingerprint density at radius 2 is 1.61 bits per heavy atom. The van der Waals surface area contributed by atoms with Crippen LogP contribution in [-0.4, -0.2) is 4.73 Å². The Morgan fingerprint density at radius 3 is 2.39 bits per heavy atom. The van der Waals surface area contributed by atoms with Crippen molar-refractivity contribution in [2.24, 2.45) is 0 Å². The zero-order valence-electron chi connectivity index (χ0n) is 8.93. The molecule has 0 unspecified atom stereocenters. The van der Waals surface area contributed by atoms with Crippen molar-refractivity contribution in [3.05, 3.63) is 56.6 Å². The molecule has 0 radical (unpaired) electrons. The molecule has 0 bridgehead atoms. The first-order valence-electron chi connectivity index (χ1n) is 5.11. The summed E-state index contributed by atoms with van der Waals surface area (Å²) in [5, 5.41) is 13.0. The van der Waals surface area contributed by atoms with Gasteiger partial charge in [-0.3, -0.25) is 0 Å². The Balaban J connectivity index is 2.65. The van der Waals surface area contributed by atoms with Crippen molar-refractivity contribution < 1.29 is 4.43 Å². The van der Waals surface area contributed by atoms with Gasteiger partial charge in [0.25, 0.3) is 11.0 Å². The van der Waals surface area contributed by atoms with Crippen LogP contribution in [0, 0.1) is 10.1 Å². The quantitative estimate of drug-likeness (QED) is 0.468. The fourth-order valence-corrected chi connectivity index (χ4v) is 2.25. The molecule has 0 saturated carbocycles. The van der Waals surface area contributed by atoms with Gasteiger partial charge in [0.2, 0.25) is 0 Å². The van der Waals surface area contributed by atoms with Gasteiger partial charge in [0.15, 0.2) is 0 Å². The topological polar surface area (TPSA) is 51.0 Å². The molecule has 0 spiro atoms. The predicted octanol–water partition coefficient (Wildman–Crippen LogP) is 3.36. The largest absolute Gasteiger partial charge is 0.805 e. The average molecular weight is 281 g/mol. The molecule has 4 nitrogen and oxygen atoms in total. The Morgan fingerprint density at radius 1 is 0.944 bits per heavy atom. The van der Waals surface area contributed by atoms with E-state index in [0.29, 0.717) is 19.2 Å². The number of rotatable bonds is 0. The Hall–Kier alpha value is -1.78. The molecule has 18 heavy (non-hydrogen) atoms. The van der Waals surface area contributed by atoms with Gasteiger partial charge < -0.3 is 9.94 Å². The van der Waals surface area contributed by atoms with Gasteiger partial charge in [-0.15, -0.1) is 0 Å². The van der Waals surface area contributed by atoms with Crippen molar-refractivity contribution in [3.8, 4) is 0 Å². The lowest BCUT2D eigenvalue weighted by Gasteiger charge is -2.14. The van der Waals surface area contributed by atoms with Crippen molar-refractivity contribution in [3.63, 3.8) is 0 Å². The molecule has 0 fully saturated rings. The smallest absolute Gasteiger partial charge is 0.288 e. The molecule has 2 aromatic carbocycles. The molecular weight excluding hydrogens is 275 g/mol. The van der Waals surface area contributed by atoms with Gasteiger partial charge in [-0.2, -0.15) is 0 Å². The van der Waals surface area contributed by atoms with E-state index < -0.39 is 0 Å². The summed E-state index contributed by atoms with van der Waals surface area (Å²) >= 11 is 11.7. The molecule has 1 heterocycles. The molecule has 3 rings (SSSR count). The predicted molar refractivity (Wildman–Crippen MR) is 71.6 cm³/mol. The van der Waals surface area contributed by atoms with Crippen molar-refractivity contribution >= 4 is 45.3 Å². The van der Waals surface area contributed by atoms with Crippen LogP contribution in [0.2, 0.25) is 10.0 Å². The highest BCUT2D eigenvalue weighted by Crippen LogP contribution is 2.22. The number of hydrogen-bond acceptors (Lipinski definition) is 2. The first-order valence-corrected chi connectivity index (χ1v) is 5.87. The van der Waals surface area contributed by atoms with E-state index in [1.807, 2.05) is 0 Å². The number of halogens is 2. The highest BCUT2D eigenvalue weighted by molar-refractivity contribution is 6.31. The van der Waals surface area contributed by atoms with E-state index in [-0.39, 0.29) is 22.1 Å². The molecule has 0 atom stereocenters. The van der Waals surface area contributed by atoms with Crippen LogP contribution in [0.25, 0.3) is 22.1 Å². The summed E-state index contributed by atoms with van der Waals surface area (Å²) in [5.41, 5.74) is 0.966. The fourth-order valence-electron chi connectivity index (χ4n) is 1.92. The second-order valence-electron chi connectivity index (χ2n) is 3.85. The van der Waals surface area contributed by atoms with E-state index in [1.165, 1.54) is 24.3 Å². The van der Waals surface area contributed by atoms with Crippen molar-refractivity contribution in [2.75, 3.05) is 0 Å². The van der Waals surface area contributed by atoms with E-state index in [9.17, 15) is 10.1 Å². The zero-order valence-corrected chi connectivity index (χ0v) is 10.4. The highest BCUT2D eigenvalue weighted by Gasteiger charge is 2.15. The molecule has 0 N–H and O–H groups in total. The average Bonchev–Trinajstić information content (AvgIpc) is 2.36. The summed E-state index contributed by atoms with van der Waals surface area (Å²) in [6.45, 7) is 0. The Labute approximate surface area is 111 Å². The summed E-state index contributed by atoms with van der Waals surface area (Å²) in [6.07, 6.45) is 0. The van der Waals surface area contributed by atoms with Crippen LogP contribution in [0.5, 0.6) is 0 Å². The Kier molecular flexibility index (Phi) is 2.43. The van der Waals surface area contributed by atoms with E-state index in [0.717, 1.165) is 0 Å². The zero-order chi connectivity index (χ0) is 12.9. The first-order chi connectivity index (χ1) is 8.58. The Bertz CT molecular complexity index is 843. The van der Waals surface area contributed by atoms with Crippen LogP contribution in [0.15, 0.2) is 36.4 Å². The summed E-state index contributed by atoms with van der Waals surface area (Å²) in [4.78, 5) is 12.2. The second kappa shape index (κ2) is 3.86. The first kappa shape index (κ1) is 11.3. The van der Waals surface area contributed by atoms with E-state index in [4.69, 9.17) is 23.2 Å². The van der Waals surface area contributed by atoms with E-state index in [1.54, 1.807) is 12.1 Å². The van der Waals surface area contributed by atoms with Crippen LogP contribution in [0.4, 0.5) is 0 Å². The lowest BCUT2D eigenvalue weighted by molar-refractivity contribution is -0.432. The number of aromatic nitrogens is 2. The minimum atomic E-state index is 0.229. The standard InChI is InChI=1S/C12H6Cl2N2O2/c13-7-1-3-9-11(5-7)16(18)10-4-2-8(14)6-12(10)15(9)17/h1-6H. The monoisotopic (exact) mass is 280 g/mol.